The molecule has 2 aromatic carbocycles. The summed E-state index contributed by atoms with van der Waals surface area (Å²) in [5.74, 6) is -0.155. The number of carbonyl (C=O) groups is 1. The summed E-state index contributed by atoms with van der Waals surface area (Å²) in [6.45, 7) is 2.72. The molecule has 156 valence electrons. The predicted octanol–water partition coefficient (Wildman–Crippen LogP) is 1.84. The van der Waals surface area contributed by atoms with Crippen molar-refractivity contribution in [2.75, 3.05) is 37.5 Å². The zero-order valence-corrected chi connectivity index (χ0v) is 17.7. The molecule has 7 nitrogen and oxygen atoms in total. The summed E-state index contributed by atoms with van der Waals surface area (Å²) < 4.78 is 28.7. The molecule has 2 aliphatic rings. The first-order chi connectivity index (χ1) is 14.4. The molecule has 0 bridgehead atoms. The van der Waals surface area contributed by atoms with Crippen LogP contribution in [0.5, 0.6) is 0 Å². The number of fused-ring (bicyclic) bond motifs is 1. The van der Waals surface area contributed by atoms with Crippen molar-refractivity contribution in [2.24, 2.45) is 0 Å². The maximum absolute atomic E-state index is 13.7. The van der Waals surface area contributed by atoms with Crippen molar-refractivity contribution in [1.29, 1.82) is 5.26 Å². The van der Waals surface area contributed by atoms with Gasteiger partial charge in [-0.2, -0.15) is 5.26 Å². The van der Waals surface area contributed by atoms with E-state index in [-0.39, 0.29) is 16.4 Å². The maximum atomic E-state index is 13.7. The molecule has 0 aromatic heterocycles. The van der Waals surface area contributed by atoms with Gasteiger partial charge in [0.25, 0.3) is 10.0 Å². The number of anilines is 1. The van der Waals surface area contributed by atoms with Crippen molar-refractivity contribution >= 4 is 21.6 Å². The van der Waals surface area contributed by atoms with E-state index >= 15 is 0 Å². The topological polar surface area (TPSA) is 84.7 Å². The normalized spacial score (nSPS) is 19.8. The van der Waals surface area contributed by atoms with Crippen LogP contribution >= 0.6 is 0 Å². The summed E-state index contributed by atoms with van der Waals surface area (Å²) in [5, 5.41) is 9.20. The van der Waals surface area contributed by atoms with E-state index in [9.17, 15) is 18.5 Å². The van der Waals surface area contributed by atoms with Crippen LogP contribution in [-0.2, 0) is 21.2 Å². The molecule has 1 amide bonds. The zero-order valence-electron chi connectivity index (χ0n) is 16.9. The fourth-order valence-corrected chi connectivity index (χ4v) is 5.83. The fourth-order valence-electron chi connectivity index (χ4n) is 4.11. The molecule has 0 N–H and O–H groups in total. The second kappa shape index (κ2) is 8.09. The Labute approximate surface area is 177 Å². The molecule has 0 spiro atoms. The van der Waals surface area contributed by atoms with Crippen LogP contribution in [0.15, 0.2) is 53.4 Å². The van der Waals surface area contributed by atoms with Gasteiger partial charge in [0.2, 0.25) is 5.91 Å². The van der Waals surface area contributed by atoms with Crippen molar-refractivity contribution in [3.63, 3.8) is 0 Å². The molecule has 2 aromatic rings. The lowest BCUT2D eigenvalue weighted by molar-refractivity contribution is -0.134. The van der Waals surface area contributed by atoms with Crippen molar-refractivity contribution in [3.05, 3.63) is 59.7 Å². The molecule has 8 heteroatoms. The van der Waals surface area contributed by atoms with E-state index in [0.29, 0.717) is 31.6 Å². The summed E-state index contributed by atoms with van der Waals surface area (Å²) in [5.41, 5.74) is 1.71. The van der Waals surface area contributed by atoms with Gasteiger partial charge in [-0.1, -0.05) is 24.3 Å². The smallest absolute Gasteiger partial charge is 0.265 e. The lowest BCUT2D eigenvalue weighted by atomic mass is 9.97. The van der Waals surface area contributed by atoms with Crippen LogP contribution in [0.25, 0.3) is 0 Å². The first-order valence-electron chi connectivity index (χ1n) is 10.0. The van der Waals surface area contributed by atoms with E-state index in [4.69, 9.17) is 0 Å². The number of hydrogen-bond donors (Lipinski definition) is 0. The number of nitriles is 1. The SMILES string of the molecule is CN1CCN(C(=O)[C@H]2CCc3ccccc3N2S(=O)(=O)c2cccc(C#N)c2)CC1. The van der Waals surface area contributed by atoms with Gasteiger partial charge >= 0.3 is 0 Å². The van der Waals surface area contributed by atoms with Gasteiger partial charge in [0.05, 0.1) is 22.2 Å². The number of carbonyl (C=O) groups excluding carboxylic acids is 1. The van der Waals surface area contributed by atoms with Gasteiger partial charge in [-0.05, 0) is 49.7 Å². The van der Waals surface area contributed by atoms with Crippen LogP contribution in [0, 0.1) is 11.3 Å². The number of amides is 1. The summed E-state index contributed by atoms with van der Waals surface area (Å²) in [6.07, 6.45) is 1.07. The highest BCUT2D eigenvalue weighted by molar-refractivity contribution is 7.93. The van der Waals surface area contributed by atoms with E-state index in [1.807, 2.05) is 25.2 Å². The molecule has 0 aliphatic carbocycles. The average molecular weight is 425 g/mol. The number of nitrogens with zero attached hydrogens (tertiary/aromatic N) is 4. The second-order valence-corrected chi connectivity index (χ2v) is 9.57. The van der Waals surface area contributed by atoms with Crippen molar-refractivity contribution in [2.45, 2.75) is 23.8 Å². The van der Waals surface area contributed by atoms with Crippen LogP contribution in [0.2, 0.25) is 0 Å². The van der Waals surface area contributed by atoms with Gasteiger partial charge in [-0.25, -0.2) is 8.42 Å². The Kier molecular flexibility index (Phi) is 5.50. The number of likely N-dealkylation sites (N-methyl/N-ethyl adjacent to an activating group) is 1. The number of hydrogen-bond acceptors (Lipinski definition) is 5. The van der Waals surface area contributed by atoms with Gasteiger partial charge in [0.1, 0.15) is 6.04 Å². The molecule has 1 saturated heterocycles. The third kappa shape index (κ3) is 3.66. The Balaban J connectivity index is 1.77. The highest BCUT2D eigenvalue weighted by Crippen LogP contribution is 2.36. The molecular weight excluding hydrogens is 400 g/mol. The monoisotopic (exact) mass is 424 g/mol. The average Bonchev–Trinajstić information content (AvgIpc) is 2.78. The maximum Gasteiger partial charge on any atom is 0.265 e. The number of sulfonamides is 1. The Hall–Kier alpha value is -2.89. The van der Waals surface area contributed by atoms with Gasteiger partial charge in [-0.3, -0.25) is 9.10 Å². The minimum Gasteiger partial charge on any atom is -0.338 e. The molecule has 2 heterocycles. The van der Waals surface area contributed by atoms with Crippen LogP contribution in [0.4, 0.5) is 5.69 Å². The van der Waals surface area contributed by atoms with E-state index in [1.54, 1.807) is 29.2 Å². The summed E-state index contributed by atoms with van der Waals surface area (Å²) in [6, 6.07) is 14.5. The van der Waals surface area contributed by atoms with Crippen LogP contribution in [-0.4, -0.2) is 63.4 Å². The van der Waals surface area contributed by atoms with E-state index in [0.717, 1.165) is 18.7 Å². The standard InChI is InChI=1S/C22H24N4O3S/c1-24-11-13-25(14-12-24)22(27)21-10-9-18-6-2-3-8-20(18)26(21)30(28,29)19-7-4-5-17(15-19)16-23/h2-8,15,21H,9-14H2,1H3/t21-/m1/s1. The Morgan fingerprint density at radius 2 is 1.80 bits per heavy atom. The lowest BCUT2D eigenvalue weighted by Crippen LogP contribution is -2.56. The highest BCUT2D eigenvalue weighted by atomic mass is 32.2. The summed E-state index contributed by atoms with van der Waals surface area (Å²) >= 11 is 0. The third-order valence-corrected chi connectivity index (χ3v) is 7.64. The fraction of sp³-hybridized carbons (Fsp3) is 0.364. The molecular formula is C22H24N4O3S. The minimum atomic E-state index is -4.03. The van der Waals surface area contributed by atoms with Gasteiger partial charge < -0.3 is 9.80 Å². The van der Waals surface area contributed by atoms with Crippen LogP contribution < -0.4 is 4.31 Å². The number of piperazine rings is 1. The number of benzene rings is 2. The van der Waals surface area contributed by atoms with Crippen LogP contribution in [0.1, 0.15) is 17.5 Å². The molecule has 0 unspecified atom stereocenters. The predicted molar refractivity (Wildman–Crippen MR) is 113 cm³/mol. The van der Waals surface area contributed by atoms with E-state index in [1.165, 1.54) is 16.4 Å². The number of aryl methyl sites for hydroxylation is 1. The first kappa shape index (κ1) is 20.4. The van der Waals surface area contributed by atoms with Crippen molar-refractivity contribution < 1.29 is 13.2 Å². The summed E-state index contributed by atoms with van der Waals surface area (Å²) in [4.78, 5) is 17.4. The van der Waals surface area contributed by atoms with Gasteiger partial charge in [0.15, 0.2) is 0 Å². The Morgan fingerprint density at radius 3 is 2.53 bits per heavy atom. The lowest BCUT2D eigenvalue weighted by Gasteiger charge is -2.41. The Morgan fingerprint density at radius 1 is 1.07 bits per heavy atom. The molecule has 1 atom stereocenters. The number of para-hydroxylation sites is 1. The molecule has 1 fully saturated rings. The van der Waals surface area contributed by atoms with Gasteiger partial charge in [-0.15, -0.1) is 0 Å². The zero-order chi connectivity index (χ0) is 21.3. The minimum absolute atomic E-state index is 0.0226. The highest BCUT2D eigenvalue weighted by Gasteiger charge is 2.41. The van der Waals surface area contributed by atoms with E-state index < -0.39 is 16.1 Å². The van der Waals surface area contributed by atoms with Crippen molar-refractivity contribution in [1.82, 2.24) is 9.80 Å². The summed E-state index contributed by atoms with van der Waals surface area (Å²) in [7, 11) is -2.02. The largest absolute Gasteiger partial charge is 0.338 e. The molecule has 2 aliphatic heterocycles. The quantitative estimate of drug-likeness (QED) is 0.751. The second-order valence-electron chi connectivity index (χ2n) is 7.75. The molecule has 30 heavy (non-hydrogen) atoms. The van der Waals surface area contributed by atoms with Crippen LogP contribution in [0.3, 0.4) is 0 Å². The Bertz CT molecular complexity index is 1100. The molecule has 0 saturated carbocycles. The van der Waals surface area contributed by atoms with E-state index in [2.05, 4.69) is 4.90 Å². The third-order valence-electron chi connectivity index (χ3n) is 5.82. The number of rotatable bonds is 3. The molecule has 4 rings (SSSR count). The van der Waals surface area contributed by atoms with Gasteiger partial charge in [0, 0.05) is 26.2 Å². The van der Waals surface area contributed by atoms with Crippen molar-refractivity contribution in [3.8, 4) is 6.07 Å². The molecule has 0 radical (unpaired) electrons. The first-order valence-corrected chi connectivity index (χ1v) is 11.5.